The summed E-state index contributed by atoms with van der Waals surface area (Å²) in [5, 5.41) is 0. The van der Waals surface area contributed by atoms with Crippen molar-refractivity contribution < 1.29 is 23.8 Å². The highest BCUT2D eigenvalue weighted by atomic mass is 16.5. The molecule has 0 radical (unpaired) electrons. The average Bonchev–Trinajstić information content (AvgIpc) is 2.78. The smallest absolute Gasteiger partial charge is 0.305 e. The molecule has 0 aliphatic heterocycles. The summed E-state index contributed by atoms with van der Waals surface area (Å²) in [4.78, 5) is 25.2. The topological polar surface area (TPSA) is 65.1 Å². The van der Waals surface area contributed by atoms with Gasteiger partial charge in [-0.15, -0.1) is 0 Å². The minimum atomic E-state index is -0.208. The minimum absolute atomic E-state index is 0.208. The fraction of sp³-hybridized carbons (Fsp3) is 0.680. The lowest BCUT2D eigenvalue weighted by Crippen LogP contribution is -2.27. The number of carbonyl (C=O) groups excluding carboxylic acids is 2. The van der Waals surface area contributed by atoms with E-state index in [0.717, 1.165) is 30.0 Å². The highest BCUT2D eigenvalue weighted by Gasteiger charge is 2.13. The fourth-order valence-electron chi connectivity index (χ4n) is 3.45. The van der Waals surface area contributed by atoms with E-state index >= 15 is 0 Å². The van der Waals surface area contributed by atoms with Crippen LogP contribution in [0.2, 0.25) is 0 Å². The lowest BCUT2D eigenvalue weighted by atomic mass is 10.0. The van der Waals surface area contributed by atoms with Gasteiger partial charge in [0.15, 0.2) is 0 Å². The van der Waals surface area contributed by atoms with Crippen molar-refractivity contribution in [3.8, 4) is 5.75 Å². The Hall–Kier alpha value is -2.24. The summed E-state index contributed by atoms with van der Waals surface area (Å²) >= 11 is 0. The molecule has 1 unspecified atom stereocenters. The molecule has 6 heteroatoms. The molecule has 0 amide bonds. The van der Waals surface area contributed by atoms with Crippen LogP contribution in [0.5, 0.6) is 5.75 Å². The van der Waals surface area contributed by atoms with Gasteiger partial charge in [0, 0.05) is 37.7 Å². The van der Waals surface area contributed by atoms with Crippen molar-refractivity contribution in [3.63, 3.8) is 0 Å². The van der Waals surface area contributed by atoms with E-state index in [1.54, 1.807) is 0 Å². The van der Waals surface area contributed by atoms with Crippen molar-refractivity contribution in [2.45, 2.75) is 72.1 Å². The van der Waals surface area contributed by atoms with E-state index in [4.69, 9.17) is 14.2 Å². The quantitative estimate of drug-likeness (QED) is 0.328. The molecule has 0 fully saturated rings. The van der Waals surface area contributed by atoms with E-state index in [1.165, 1.54) is 33.5 Å². The van der Waals surface area contributed by atoms with Crippen LogP contribution in [0.4, 0.5) is 5.69 Å². The molecule has 0 aliphatic carbocycles. The van der Waals surface area contributed by atoms with Crippen LogP contribution < -0.4 is 9.64 Å². The number of hydrogen-bond donors (Lipinski definition) is 0. The van der Waals surface area contributed by atoms with Gasteiger partial charge in [0.25, 0.3) is 0 Å². The average molecular weight is 436 g/mol. The van der Waals surface area contributed by atoms with E-state index in [0.29, 0.717) is 44.7 Å². The molecule has 176 valence electrons. The maximum atomic E-state index is 11.5. The van der Waals surface area contributed by atoms with Crippen molar-refractivity contribution in [2.75, 3.05) is 38.8 Å². The highest BCUT2D eigenvalue weighted by molar-refractivity contribution is 5.69. The molecule has 0 saturated heterocycles. The fourth-order valence-corrected chi connectivity index (χ4v) is 3.45. The summed E-state index contributed by atoms with van der Waals surface area (Å²) in [6.45, 7) is 8.63. The second kappa shape index (κ2) is 15.5. The van der Waals surface area contributed by atoms with Gasteiger partial charge in [0.05, 0.1) is 20.8 Å². The Kier molecular flexibility index (Phi) is 13.4. The van der Waals surface area contributed by atoms with Crippen LogP contribution in [0.15, 0.2) is 18.2 Å². The number of hydrogen-bond acceptors (Lipinski definition) is 6. The molecular formula is C25H41NO5. The van der Waals surface area contributed by atoms with Gasteiger partial charge in [-0.05, 0) is 43.7 Å². The molecule has 1 rings (SSSR count). The first-order chi connectivity index (χ1) is 14.9. The highest BCUT2D eigenvalue weighted by Crippen LogP contribution is 2.27. The first kappa shape index (κ1) is 26.8. The van der Waals surface area contributed by atoms with Crippen LogP contribution >= 0.6 is 0 Å². The van der Waals surface area contributed by atoms with Crippen LogP contribution in [-0.2, 0) is 19.1 Å². The van der Waals surface area contributed by atoms with Crippen molar-refractivity contribution in [2.24, 2.45) is 5.92 Å². The summed E-state index contributed by atoms with van der Waals surface area (Å²) in [5.41, 5.74) is 2.15. The molecule has 0 heterocycles. The zero-order chi connectivity index (χ0) is 23.1. The molecule has 1 aromatic carbocycles. The molecule has 1 aromatic rings. The molecule has 0 aromatic heterocycles. The van der Waals surface area contributed by atoms with Gasteiger partial charge in [-0.1, -0.05) is 39.2 Å². The second-order valence-electron chi connectivity index (χ2n) is 8.02. The predicted octanol–water partition coefficient (Wildman–Crippen LogP) is 5.30. The maximum Gasteiger partial charge on any atom is 0.305 e. The van der Waals surface area contributed by atoms with Crippen LogP contribution in [0.1, 0.15) is 70.8 Å². The summed E-state index contributed by atoms with van der Waals surface area (Å²) in [7, 11) is 2.81. The predicted molar refractivity (Wildman–Crippen MR) is 125 cm³/mol. The summed E-state index contributed by atoms with van der Waals surface area (Å²) < 4.78 is 15.7. The number of esters is 2. The zero-order valence-corrected chi connectivity index (χ0v) is 20.1. The number of carbonyl (C=O) groups is 2. The number of unbranched alkanes of at least 4 members (excludes halogenated alkanes) is 1. The number of ether oxygens (including phenoxy) is 3. The molecule has 0 spiro atoms. The van der Waals surface area contributed by atoms with Gasteiger partial charge in [0.2, 0.25) is 0 Å². The standard InChI is InChI=1S/C25H41NO5/c1-6-8-11-21(7-2)19-31-23-18-22(15-14-20(23)3)26(16-9-12-24(27)29-4)17-10-13-25(28)30-5/h14-15,18,21H,6-13,16-17,19H2,1-5H3. The van der Waals surface area contributed by atoms with Crippen LogP contribution in [0, 0.1) is 12.8 Å². The molecule has 0 bridgehead atoms. The van der Waals surface area contributed by atoms with Crippen molar-refractivity contribution in [1.29, 1.82) is 0 Å². The van der Waals surface area contributed by atoms with Crippen molar-refractivity contribution in [3.05, 3.63) is 23.8 Å². The van der Waals surface area contributed by atoms with E-state index in [1.807, 2.05) is 0 Å². The lowest BCUT2D eigenvalue weighted by Gasteiger charge is -2.26. The Morgan fingerprint density at radius 3 is 2.10 bits per heavy atom. The van der Waals surface area contributed by atoms with E-state index in [9.17, 15) is 9.59 Å². The molecule has 0 aliphatic rings. The van der Waals surface area contributed by atoms with Gasteiger partial charge >= 0.3 is 11.9 Å². The monoisotopic (exact) mass is 435 g/mol. The zero-order valence-electron chi connectivity index (χ0n) is 20.1. The van der Waals surface area contributed by atoms with Crippen molar-refractivity contribution >= 4 is 17.6 Å². The summed E-state index contributed by atoms with van der Waals surface area (Å²) in [5.74, 6) is 1.05. The van der Waals surface area contributed by atoms with Gasteiger partial charge in [-0.3, -0.25) is 9.59 Å². The third-order valence-electron chi connectivity index (χ3n) is 5.63. The van der Waals surface area contributed by atoms with Crippen molar-refractivity contribution in [1.82, 2.24) is 0 Å². The van der Waals surface area contributed by atoms with E-state index in [2.05, 4.69) is 43.9 Å². The van der Waals surface area contributed by atoms with Gasteiger partial charge in [-0.25, -0.2) is 0 Å². The van der Waals surface area contributed by atoms with Gasteiger partial charge in [-0.2, -0.15) is 0 Å². The Labute approximate surface area is 188 Å². The largest absolute Gasteiger partial charge is 0.493 e. The first-order valence-electron chi connectivity index (χ1n) is 11.6. The summed E-state index contributed by atoms with van der Waals surface area (Å²) in [6.07, 6.45) is 6.86. The molecule has 6 nitrogen and oxygen atoms in total. The Morgan fingerprint density at radius 1 is 0.968 bits per heavy atom. The van der Waals surface area contributed by atoms with Crippen LogP contribution in [0.3, 0.4) is 0 Å². The first-order valence-corrected chi connectivity index (χ1v) is 11.6. The molecular weight excluding hydrogens is 394 g/mol. The summed E-state index contributed by atoms with van der Waals surface area (Å²) in [6, 6.07) is 6.23. The molecule has 0 N–H and O–H groups in total. The van der Waals surface area contributed by atoms with E-state index < -0.39 is 0 Å². The minimum Gasteiger partial charge on any atom is -0.493 e. The maximum absolute atomic E-state index is 11.5. The van der Waals surface area contributed by atoms with Crippen LogP contribution in [0.25, 0.3) is 0 Å². The lowest BCUT2D eigenvalue weighted by molar-refractivity contribution is -0.141. The number of methoxy groups -OCH3 is 2. The number of nitrogens with zero attached hydrogens (tertiary/aromatic N) is 1. The molecule has 1 atom stereocenters. The Balaban J connectivity index is 2.85. The second-order valence-corrected chi connectivity index (χ2v) is 8.02. The number of anilines is 1. The number of benzene rings is 1. The normalized spacial score (nSPS) is 11.6. The molecule has 31 heavy (non-hydrogen) atoms. The third kappa shape index (κ3) is 10.6. The van der Waals surface area contributed by atoms with Gasteiger partial charge in [0.1, 0.15) is 5.75 Å². The number of rotatable bonds is 16. The molecule has 0 saturated carbocycles. The van der Waals surface area contributed by atoms with Crippen LogP contribution in [-0.4, -0.2) is 45.9 Å². The third-order valence-corrected chi connectivity index (χ3v) is 5.63. The van der Waals surface area contributed by atoms with Gasteiger partial charge < -0.3 is 19.1 Å². The van der Waals surface area contributed by atoms with E-state index in [-0.39, 0.29) is 11.9 Å². The Morgan fingerprint density at radius 2 is 1.58 bits per heavy atom. The number of aryl methyl sites for hydroxylation is 1. The SMILES string of the molecule is CCCCC(CC)COc1cc(N(CCCC(=O)OC)CCCC(=O)OC)ccc1C. The Bertz CT molecular complexity index is 639.